The van der Waals surface area contributed by atoms with Crippen molar-refractivity contribution in [1.82, 2.24) is 4.90 Å². The van der Waals surface area contributed by atoms with Gasteiger partial charge in [-0.05, 0) is 62.6 Å². The number of rotatable bonds is 7. The molecule has 2 aliphatic rings. The molecule has 1 aromatic carbocycles. The van der Waals surface area contributed by atoms with Gasteiger partial charge in [-0.1, -0.05) is 13.3 Å². The predicted octanol–water partition coefficient (Wildman–Crippen LogP) is 4.87. The van der Waals surface area contributed by atoms with Gasteiger partial charge in [-0.2, -0.15) is 8.78 Å². The second-order valence-corrected chi connectivity index (χ2v) is 7.27. The molecule has 0 heterocycles. The Labute approximate surface area is 153 Å². The van der Waals surface area contributed by atoms with Gasteiger partial charge < -0.3 is 14.4 Å². The third-order valence-electron chi connectivity index (χ3n) is 5.59. The fourth-order valence-corrected chi connectivity index (χ4v) is 3.96. The number of amides is 1. The Hall–Kier alpha value is -1.85. The van der Waals surface area contributed by atoms with Crippen LogP contribution in [-0.2, 0) is 0 Å². The minimum atomic E-state index is -2.96. The number of carbonyl (C=O) groups excluding carboxylic acids is 1. The first kappa shape index (κ1) is 18.9. The predicted molar refractivity (Wildman–Crippen MR) is 94.9 cm³/mol. The van der Waals surface area contributed by atoms with E-state index in [-0.39, 0.29) is 29.5 Å². The fraction of sp³-hybridized carbons (Fsp3) is 0.650. The molecule has 2 fully saturated rings. The summed E-state index contributed by atoms with van der Waals surface area (Å²) in [6.07, 6.45) is 7.59. The molecule has 0 aliphatic heterocycles. The molecule has 6 heteroatoms. The normalized spacial score (nSPS) is 23.0. The number of hydrogen-bond donors (Lipinski definition) is 0. The van der Waals surface area contributed by atoms with Crippen molar-refractivity contribution in [2.75, 3.05) is 7.11 Å². The molecular weight excluding hydrogens is 340 g/mol. The topological polar surface area (TPSA) is 38.8 Å². The zero-order chi connectivity index (χ0) is 18.7. The second kappa shape index (κ2) is 8.23. The van der Waals surface area contributed by atoms with E-state index in [4.69, 9.17) is 4.74 Å². The Bertz CT molecular complexity index is 625. The third-order valence-corrected chi connectivity index (χ3v) is 5.59. The molecule has 2 saturated carbocycles. The van der Waals surface area contributed by atoms with Crippen LogP contribution in [0.3, 0.4) is 0 Å². The number of halogens is 2. The van der Waals surface area contributed by atoms with Crippen LogP contribution in [-0.4, -0.2) is 36.6 Å². The van der Waals surface area contributed by atoms with Gasteiger partial charge in [0.1, 0.15) is 0 Å². The lowest BCUT2D eigenvalue weighted by atomic mass is 9.83. The number of methoxy groups -OCH3 is 1. The van der Waals surface area contributed by atoms with Gasteiger partial charge in [-0.3, -0.25) is 4.79 Å². The largest absolute Gasteiger partial charge is 0.493 e. The second-order valence-electron chi connectivity index (χ2n) is 7.27. The number of carbonyl (C=O) groups is 1. The molecule has 144 valence electrons. The summed E-state index contributed by atoms with van der Waals surface area (Å²) in [5.41, 5.74) is 0.381. The van der Waals surface area contributed by atoms with Gasteiger partial charge >= 0.3 is 6.61 Å². The van der Waals surface area contributed by atoms with Crippen molar-refractivity contribution in [1.29, 1.82) is 0 Å². The van der Waals surface area contributed by atoms with Gasteiger partial charge in [-0.15, -0.1) is 0 Å². The Morgan fingerprint density at radius 2 is 1.73 bits per heavy atom. The molecule has 2 aliphatic carbocycles. The first-order chi connectivity index (χ1) is 12.5. The number of hydrogen-bond acceptors (Lipinski definition) is 3. The molecular formula is C20H27F2NO3. The van der Waals surface area contributed by atoms with Crippen molar-refractivity contribution in [3.63, 3.8) is 0 Å². The highest BCUT2D eigenvalue weighted by Gasteiger charge is 2.39. The lowest BCUT2D eigenvalue weighted by Crippen LogP contribution is -2.43. The maximum absolute atomic E-state index is 13.2. The average molecular weight is 367 g/mol. The number of benzene rings is 1. The van der Waals surface area contributed by atoms with Crippen molar-refractivity contribution in [3.8, 4) is 11.5 Å². The molecule has 26 heavy (non-hydrogen) atoms. The van der Waals surface area contributed by atoms with Crippen LogP contribution in [0.4, 0.5) is 8.78 Å². The van der Waals surface area contributed by atoms with Gasteiger partial charge in [-0.25, -0.2) is 0 Å². The highest BCUT2D eigenvalue weighted by molar-refractivity contribution is 5.95. The molecule has 1 amide bonds. The van der Waals surface area contributed by atoms with E-state index in [9.17, 15) is 13.6 Å². The molecule has 0 atom stereocenters. The van der Waals surface area contributed by atoms with Crippen molar-refractivity contribution in [3.05, 3.63) is 23.8 Å². The fourth-order valence-electron chi connectivity index (χ4n) is 3.96. The Kier molecular flexibility index (Phi) is 5.99. The minimum Gasteiger partial charge on any atom is -0.493 e. The van der Waals surface area contributed by atoms with Crippen molar-refractivity contribution >= 4 is 5.91 Å². The van der Waals surface area contributed by atoms with Crippen molar-refractivity contribution in [2.45, 2.75) is 70.6 Å². The standard InChI is InChI=1S/C20H27F2NO3/c1-3-13-4-7-15(8-5-13)23(16-9-10-16)19(24)14-6-11-17(25-2)18(12-14)26-20(21)22/h6,11-13,15-16,20H,3-5,7-10H2,1-2H3. The van der Waals surface area contributed by atoms with E-state index in [1.807, 2.05) is 4.90 Å². The molecule has 4 nitrogen and oxygen atoms in total. The third kappa shape index (κ3) is 4.27. The van der Waals surface area contributed by atoms with Crippen LogP contribution in [0.5, 0.6) is 11.5 Å². The van der Waals surface area contributed by atoms with E-state index in [1.54, 1.807) is 6.07 Å². The highest BCUT2D eigenvalue weighted by Crippen LogP contribution is 2.38. The van der Waals surface area contributed by atoms with E-state index in [2.05, 4.69) is 11.7 Å². The molecule has 0 aromatic heterocycles. The molecule has 0 spiro atoms. The van der Waals surface area contributed by atoms with Crippen LogP contribution in [0, 0.1) is 5.92 Å². The molecule has 1 aromatic rings. The van der Waals surface area contributed by atoms with Crippen LogP contribution < -0.4 is 9.47 Å². The van der Waals surface area contributed by atoms with E-state index in [1.165, 1.54) is 25.7 Å². The van der Waals surface area contributed by atoms with Crippen LogP contribution in [0.25, 0.3) is 0 Å². The maximum Gasteiger partial charge on any atom is 0.387 e. The Morgan fingerprint density at radius 1 is 1.12 bits per heavy atom. The zero-order valence-electron chi connectivity index (χ0n) is 15.4. The van der Waals surface area contributed by atoms with Crippen molar-refractivity contribution < 1.29 is 23.0 Å². The number of ether oxygens (including phenoxy) is 2. The van der Waals surface area contributed by atoms with Crippen LogP contribution in [0.2, 0.25) is 0 Å². The highest BCUT2D eigenvalue weighted by atomic mass is 19.3. The van der Waals surface area contributed by atoms with Gasteiger partial charge in [0.25, 0.3) is 5.91 Å². The number of alkyl halides is 2. The summed E-state index contributed by atoms with van der Waals surface area (Å²) >= 11 is 0. The first-order valence-electron chi connectivity index (χ1n) is 9.49. The lowest BCUT2D eigenvalue weighted by Gasteiger charge is -2.37. The van der Waals surface area contributed by atoms with E-state index in [0.29, 0.717) is 5.56 Å². The van der Waals surface area contributed by atoms with E-state index < -0.39 is 6.61 Å². The van der Waals surface area contributed by atoms with Gasteiger partial charge in [0.2, 0.25) is 0 Å². The van der Waals surface area contributed by atoms with E-state index >= 15 is 0 Å². The first-order valence-corrected chi connectivity index (χ1v) is 9.49. The summed E-state index contributed by atoms with van der Waals surface area (Å²) in [5.74, 6) is 0.769. The summed E-state index contributed by atoms with van der Waals surface area (Å²) in [5, 5.41) is 0. The van der Waals surface area contributed by atoms with Gasteiger partial charge in [0, 0.05) is 17.6 Å². The zero-order valence-corrected chi connectivity index (χ0v) is 15.4. The lowest BCUT2D eigenvalue weighted by molar-refractivity contribution is -0.0512. The molecule has 0 bridgehead atoms. The summed E-state index contributed by atoms with van der Waals surface area (Å²) in [6.45, 7) is -0.741. The maximum atomic E-state index is 13.2. The summed E-state index contributed by atoms with van der Waals surface area (Å²) in [6, 6.07) is 5.06. The quantitative estimate of drug-likeness (QED) is 0.690. The molecule has 0 saturated heterocycles. The minimum absolute atomic E-state index is 0.0887. The van der Waals surface area contributed by atoms with Gasteiger partial charge in [0.05, 0.1) is 7.11 Å². The van der Waals surface area contributed by atoms with Crippen LogP contribution in [0.15, 0.2) is 18.2 Å². The monoisotopic (exact) mass is 367 g/mol. The Balaban J connectivity index is 1.79. The van der Waals surface area contributed by atoms with E-state index in [0.717, 1.165) is 44.4 Å². The van der Waals surface area contributed by atoms with Crippen molar-refractivity contribution in [2.24, 2.45) is 5.92 Å². The molecule has 0 radical (unpaired) electrons. The van der Waals surface area contributed by atoms with Crippen LogP contribution in [0.1, 0.15) is 62.2 Å². The summed E-state index contributed by atoms with van der Waals surface area (Å²) < 4.78 is 34.9. The SMILES string of the molecule is CCC1CCC(N(C(=O)c2ccc(OC)c(OC(F)F)c2)C2CC2)CC1. The average Bonchev–Trinajstić information content (AvgIpc) is 3.47. The van der Waals surface area contributed by atoms with Gasteiger partial charge in [0.15, 0.2) is 11.5 Å². The summed E-state index contributed by atoms with van der Waals surface area (Å²) in [4.78, 5) is 15.2. The van der Waals surface area contributed by atoms with Crippen LogP contribution >= 0.6 is 0 Å². The molecule has 0 N–H and O–H groups in total. The molecule has 3 rings (SSSR count). The smallest absolute Gasteiger partial charge is 0.387 e. The Morgan fingerprint density at radius 3 is 2.23 bits per heavy atom. The molecule has 0 unspecified atom stereocenters. The number of nitrogens with zero attached hydrogens (tertiary/aromatic N) is 1. The summed E-state index contributed by atoms with van der Waals surface area (Å²) in [7, 11) is 1.39.